The second-order valence-electron chi connectivity index (χ2n) is 5.42. The Bertz CT molecular complexity index is 506. The third kappa shape index (κ3) is 3.80. The lowest BCUT2D eigenvalue weighted by Gasteiger charge is -2.29. The largest absolute Gasteiger partial charge is 0.497 e. The Hall–Kier alpha value is -1.46. The molecule has 118 valence electrons. The number of ether oxygens (including phenoxy) is 2. The molecule has 1 aromatic rings. The van der Waals surface area contributed by atoms with Gasteiger partial charge in [0, 0.05) is 6.54 Å². The minimum atomic E-state index is -0.356. The van der Waals surface area contributed by atoms with Gasteiger partial charge in [0.1, 0.15) is 11.5 Å². The highest BCUT2D eigenvalue weighted by Gasteiger charge is 2.41. The van der Waals surface area contributed by atoms with Gasteiger partial charge in [-0.3, -0.25) is 4.79 Å². The Kier molecular flexibility index (Phi) is 5.87. The van der Waals surface area contributed by atoms with Gasteiger partial charge in [0.15, 0.2) is 0 Å². The van der Waals surface area contributed by atoms with Crippen LogP contribution in [0.5, 0.6) is 11.5 Å². The van der Waals surface area contributed by atoms with Gasteiger partial charge in [-0.2, -0.15) is 0 Å². The molecule has 21 heavy (non-hydrogen) atoms. The lowest BCUT2D eigenvalue weighted by atomic mass is 9.95. The SMILES string of the molecule is COc1ccc(OC)c(C(=O)NC(C)(CN)C2CC2)c1.Cl. The second-order valence-corrected chi connectivity index (χ2v) is 5.42. The van der Waals surface area contributed by atoms with Crippen LogP contribution in [0.4, 0.5) is 0 Å². The molecule has 0 radical (unpaired) electrons. The normalized spacial score (nSPS) is 16.4. The Morgan fingerprint density at radius 2 is 2.05 bits per heavy atom. The molecule has 1 amide bonds. The molecule has 3 N–H and O–H groups in total. The van der Waals surface area contributed by atoms with Crippen molar-refractivity contribution in [1.29, 1.82) is 0 Å². The fraction of sp³-hybridized carbons (Fsp3) is 0.533. The van der Waals surface area contributed by atoms with Crippen molar-refractivity contribution in [2.75, 3.05) is 20.8 Å². The van der Waals surface area contributed by atoms with E-state index in [0.717, 1.165) is 12.8 Å². The van der Waals surface area contributed by atoms with Gasteiger partial charge in [-0.05, 0) is 43.9 Å². The Labute approximate surface area is 131 Å². The van der Waals surface area contributed by atoms with Crippen molar-refractivity contribution in [1.82, 2.24) is 5.32 Å². The first kappa shape index (κ1) is 17.6. The number of halogens is 1. The zero-order valence-corrected chi connectivity index (χ0v) is 13.5. The first-order chi connectivity index (χ1) is 9.54. The summed E-state index contributed by atoms with van der Waals surface area (Å²) in [6.45, 7) is 2.42. The molecule has 0 saturated heterocycles. The van der Waals surface area contributed by atoms with Crippen molar-refractivity contribution in [3.63, 3.8) is 0 Å². The average molecular weight is 315 g/mol. The molecule has 1 unspecified atom stereocenters. The molecule has 0 bridgehead atoms. The van der Waals surface area contributed by atoms with E-state index in [0.29, 0.717) is 29.5 Å². The molecule has 1 aliphatic rings. The number of carbonyl (C=O) groups is 1. The molecule has 1 atom stereocenters. The minimum Gasteiger partial charge on any atom is -0.497 e. The number of nitrogens with one attached hydrogen (secondary N) is 1. The van der Waals surface area contributed by atoms with Crippen LogP contribution in [0.15, 0.2) is 18.2 Å². The summed E-state index contributed by atoms with van der Waals surface area (Å²) < 4.78 is 10.4. The van der Waals surface area contributed by atoms with Crippen LogP contribution in [-0.4, -0.2) is 32.2 Å². The minimum absolute atomic E-state index is 0. The second kappa shape index (κ2) is 7.00. The number of methoxy groups -OCH3 is 2. The van der Waals surface area contributed by atoms with Gasteiger partial charge in [-0.25, -0.2) is 0 Å². The molecule has 0 aliphatic heterocycles. The third-order valence-corrected chi connectivity index (χ3v) is 3.95. The summed E-state index contributed by atoms with van der Waals surface area (Å²) in [6.07, 6.45) is 2.23. The summed E-state index contributed by atoms with van der Waals surface area (Å²) >= 11 is 0. The van der Waals surface area contributed by atoms with Crippen LogP contribution in [0.2, 0.25) is 0 Å². The van der Waals surface area contributed by atoms with E-state index in [4.69, 9.17) is 15.2 Å². The molecule has 0 heterocycles. The van der Waals surface area contributed by atoms with Crippen molar-refractivity contribution in [3.05, 3.63) is 23.8 Å². The van der Waals surface area contributed by atoms with E-state index < -0.39 is 0 Å². The zero-order chi connectivity index (χ0) is 14.8. The van der Waals surface area contributed by atoms with Gasteiger partial charge in [0.2, 0.25) is 0 Å². The Balaban J connectivity index is 0.00000220. The van der Waals surface area contributed by atoms with Crippen LogP contribution in [-0.2, 0) is 0 Å². The molecule has 0 spiro atoms. The number of carbonyl (C=O) groups excluding carboxylic acids is 1. The number of nitrogens with two attached hydrogens (primary N) is 1. The maximum Gasteiger partial charge on any atom is 0.255 e. The quantitative estimate of drug-likeness (QED) is 0.842. The fourth-order valence-corrected chi connectivity index (χ4v) is 2.36. The smallest absolute Gasteiger partial charge is 0.255 e. The van der Waals surface area contributed by atoms with Crippen LogP contribution in [0.25, 0.3) is 0 Å². The number of rotatable bonds is 6. The van der Waals surface area contributed by atoms with Crippen molar-refractivity contribution < 1.29 is 14.3 Å². The zero-order valence-electron chi connectivity index (χ0n) is 12.6. The van der Waals surface area contributed by atoms with Crippen molar-refractivity contribution in [3.8, 4) is 11.5 Å². The van der Waals surface area contributed by atoms with Crippen LogP contribution >= 0.6 is 12.4 Å². The van der Waals surface area contributed by atoms with Gasteiger partial charge in [0.05, 0.1) is 25.3 Å². The van der Waals surface area contributed by atoms with E-state index >= 15 is 0 Å². The summed E-state index contributed by atoms with van der Waals surface area (Å²) in [4.78, 5) is 12.5. The number of hydrogen-bond donors (Lipinski definition) is 2. The van der Waals surface area contributed by atoms with Gasteiger partial charge >= 0.3 is 0 Å². The lowest BCUT2D eigenvalue weighted by Crippen LogP contribution is -2.53. The van der Waals surface area contributed by atoms with E-state index in [1.54, 1.807) is 32.4 Å². The number of hydrogen-bond acceptors (Lipinski definition) is 4. The number of amides is 1. The monoisotopic (exact) mass is 314 g/mol. The third-order valence-electron chi connectivity index (χ3n) is 3.95. The molecule has 6 heteroatoms. The van der Waals surface area contributed by atoms with E-state index in [1.807, 2.05) is 6.92 Å². The summed E-state index contributed by atoms with van der Waals surface area (Å²) in [7, 11) is 3.11. The molecule has 1 saturated carbocycles. The van der Waals surface area contributed by atoms with Gasteiger partial charge < -0.3 is 20.5 Å². The highest BCUT2D eigenvalue weighted by molar-refractivity contribution is 5.97. The van der Waals surface area contributed by atoms with Crippen LogP contribution < -0.4 is 20.5 Å². The molecule has 1 aliphatic carbocycles. The van der Waals surface area contributed by atoms with Crippen LogP contribution in [0.3, 0.4) is 0 Å². The Morgan fingerprint density at radius 1 is 1.38 bits per heavy atom. The maximum absolute atomic E-state index is 12.5. The van der Waals surface area contributed by atoms with Gasteiger partial charge in [0.25, 0.3) is 5.91 Å². The lowest BCUT2D eigenvalue weighted by molar-refractivity contribution is 0.0894. The molecule has 1 aromatic carbocycles. The summed E-state index contributed by atoms with van der Waals surface area (Å²) in [5.74, 6) is 1.43. The van der Waals surface area contributed by atoms with Gasteiger partial charge in [-0.15, -0.1) is 12.4 Å². The average Bonchev–Trinajstić information content (AvgIpc) is 3.31. The summed E-state index contributed by atoms with van der Waals surface area (Å²) in [6, 6.07) is 5.17. The molecule has 1 fully saturated rings. The van der Waals surface area contributed by atoms with Crippen LogP contribution in [0, 0.1) is 5.92 Å². The van der Waals surface area contributed by atoms with E-state index in [1.165, 1.54) is 0 Å². The predicted octanol–water partition coefficient (Wildman–Crippen LogP) is 1.98. The summed E-state index contributed by atoms with van der Waals surface area (Å²) in [5.41, 5.74) is 5.94. The van der Waals surface area contributed by atoms with Crippen molar-refractivity contribution >= 4 is 18.3 Å². The molecular weight excluding hydrogens is 292 g/mol. The maximum atomic E-state index is 12.5. The van der Waals surface area contributed by atoms with E-state index in [9.17, 15) is 4.79 Å². The van der Waals surface area contributed by atoms with Crippen LogP contribution in [0.1, 0.15) is 30.1 Å². The Morgan fingerprint density at radius 3 is 2.52 bits per heavy atom. The number of benzene rings is 1. The standard InChI is InChI=1S/C15H22N2O3.ClH/c1-15(9-16,10-4-5-10)17-14(18)12-8-11(19-2)6-7-13(12)20-3;/h6-8,10H,4-5,9,16H2,1-3H3,(H,17,18);1H. The molecular formula is C15H23ClN2O3. The van der Waals surface area contributed by atoms with Crippen molar-refractivity contribution in [2.24, 2.45) is 11.7 Å². The van der Waals surface area contributed by atoms with E-state index in [2.05, 4.69) is 5.32 Å². The predicted molar refractivity (Wildman–Crippen MR) is 84.4 cm³/mol. The highest BCUT2D eigenvalue weighted by Crippen LogP contribution is 2.39. The fourth-order valence-electron chi connectivity index (χ4n) is 2.36. The first-order valence-corrected chi connectivity index (χ1v) is 6.78. The van der Waals surface area contributed by atoms with Gasteiger partial charge in [-0.1, -0.05) is 0 Å². The molecule has 2 rings (SSSR count). The topological polar surface area (TPSA) is 73.6 Å². The molecule has 5 nitrogen and oxygen atoms in total. The van der Waals surface area contributed by atoms with E-state index in [-0.39, 0.29) is 23.9 Å². The summed E-state index contributed by atoms with van der Waals surface area (Å²) in [5, 5.41) is 3.05. The molecule has 0 aromatic heterocycles. The van der Waals surface area contributed by atoms with Crippen molar-refractivity contribution in [2.45, 2.75) is 25.3 Å². The first-order valence-electron chi connectivity index (χ1n) is 6.78. The highest BCUT2D eigenvalue weighted by atomic mass is 35.5.